The molecule has 0 saturated heterocycles. The third-order valence-corrected chi connectivity index (χ3v) is 4.72. The third kappa shape index (κ3) is 8.87. The van der Waals surface area contributed by atoms with Crippen molar-refractivity contribution in [1.82, 2.24) is 0 Å². The monoisotopic (exact) mass is 414 g/mol. The molecule has 0 bridgehead atoms. The topological polar surface area (TPSA) is 65.0 Å². The number of aliphatic hydroxyl groups excluding tert-OH is 1. The van der Waals surface area contributed by atoms with E-state index in [1.165, 1.54) is 0 Å². The Morgan fingerprint density at radius 3 is 2.23 bits per heavy atom. The van der Waals surface area contributed by atoms with Crippen LogP contribution < -0.4 is 9.47 Å². The van der Waals surface area contributed by atoms with Crippen molar-refractivity contribution < 1.29 is 24.1 Å². The van der Waals surface area contributed by atoms with Crippen molar-refractivity contribution in [2.24, 2.45) is 0 Å². The van der Waals surface area contributed by atoms with E-state index in [-0.39, 0.29) is 12.1 Å². The lowest BCUT2D eigenvalue weighted by Crippen LogP contribution is -2.08. The molecular weight excluding hydrogens is 380 g/mol. The van der Waals surface area contributed by atoms with Gasteiger partial charge in [-0.2, -0.15) is 0 Å². The summed E-state index contributed by atoms with van der Waals surface area (Å²) in [6.45, 7) is 5.45. The van der Waals surface area contributed by atoms with E-state index in [9.17, 15) is 9.90 Å². The highest BCUT2D eigenvalue weighted by molar-refractivity contribution is 5.89. The molecule has 5 nitrogen and oxygen atoms in total. The zero-order valence-corrected chi connectivity index (χ0v) is 18.1. The molecule has 2 rings (SSSR count). The molecule has 5 heteroatoms. The van der Waals surface area contributed by atoms with Crippen LogP contribution in [-0.4, -0.2) is 37.0 Å². The standard InChI is InChI=1S/C25H34O5/c1-3-8-22(26)10-7-18-30-24-12-5-11-23(19-24)29-17-6-9-20-13-15-21(16-14-20)25(27)28-4-2/h5,11-16,19,22,26H,3-4,6-10,17-18H2,1-2H3. The lowest BCUT2D eigenvalue weighted by molar-refractivity contribution is 0.0526. The molecule has 1 atom stereocenters. The smallest absolute Gasteiger partial charge is 0.338 e. The van der Waals surface area contributed by atoms with Crippen molar-refractivity contribution in [2.45, 2.75) is 58.5 Å². The van der Waals surface area contributed by atoms with Gasteiger partial charge in [-0.3, -0.25) is 0 Å². The van der Waals surface area contributed by atoms with E-state index in [0.717, 1.165) is 55.6 Å². The summed E-state index contributed by atoms with van der Waals surface area (Å²) < 4.78 is 16.6. The van der Waals surface area contributed by atoms with Gasteiger partial charge in [-0.15, -0.1) is 0 Å². The molecule has 1 N–H and O–H groups in total. The van der Waals surface area contributed by atoms with Gasteiger partial charge in [0.2, 0.25) is 0 Å². The van der Waals surface area contributed by atoms with Gasteiger partial charge in [-0.25, -0.2) is 4.79 Å². The number of ether oxygens (including phenoxy) is 3. The molecule has 0 fully saturated rings. The van der Waals surface area contributed by atoms with Crippen molar-refractivity contribution in [3.05, 3.63) is 59.7 Å². The number of benzene rings is 2. The second-order valence-corrected chi connectivity index (χ2v) is 7.28. The number of carbonyl (C=O) groups excluding carboxylic acids is 1. The van der Waals surface area contributed by atoms with E-state index in [1.807, 2.05) is 36.4 Å². The number of hydrogen-bond acceptors (Lipinski definition) is 5. The highest BCUT2D eigenvalue weighted by Gasteiger charge is 2.06. The lowest BCUT2D eigenvalue weighted by atomic mass is 10.1. The van der Waals surface area contributed by atoms with E-state index in [4.69, 9.17) is 14.2 Å². The first kappa shape index (κ1) is 23.7. The zero-order valence-electron chi connectivity index (χ0n) is 18.1. The van der Waals surface area contributed by atoms with Crippen LogP contribution in [0.15, 0.2) is 48.5 Å². The summed E-state index contributed by atoms with van der Waals surface area (Å²) in [6.07, 6.45) is 4.97. The van der Waals surface area contributed by atoms with Crippen LogP contribution in [0.5, 0.6) is 11.5 Å². The summed E-state index contributed by atoms with van der Waals surface area (Å²) in [7, 11) is 0. The van der Waals surface area contributed by atoms with Crippen molar-refractivity contribution in [3.8, 4) is 11.5 Å². The maximum atomic E-state index is 11.7. The van der Waals surface area contributed by atoms with Gasteiger partial charge in [0, 0.05) is 6.07 Å². The molecule has 0 aliphatic heterocycles. The van der Waals surface area contributed by atoms with Crippen LogP contribution in [-0.2, 0) is 11.2 Å². The maximum Gasteiger partial charge on any atom is 0.338 e. The Morgan fingerprint density at radius 1 is 0.933 bits per heavy atom. The quantitative estimate of drug-likeness (QED) is 0.340. The van der Waals surface area contributed by atoms with Crippen LogP contribution in [0.2, 0.25) is 0 Å². The summed E-state index contributed by atoms with van der Waals surface area (Å²) in [6, 6.07) is 15.2. The fourth-order valence-corrected chi connectivity index (χ4v) is 3.13. The molecule has 30 heavy (non-hydrogen) atoms. The molecule has 0 aromatic heterocycles. The number of carbonyl (C=O) groups is 1. The molecule has 0 aliphatic carbocycles. The molecule has 0 amide bonds. The minimum Gasteiger partial charge on any atom is -0.493 e. The summed E-state index contributed by atoms with van der Waals surface area (Å²) >= 11 is 0. The predicted molar refractivity (Wildman–Crippen MR) is 118 cm³/mol. The van der Waals surface area contributed by atoms with Crippen LogP contribution in [0, 0.1) is 0 Å². The third-order valence-electron chi connectivity index (χ3n) is 4.72. The van der Waals surface area contributed by atoms with Crippen molar-refractivity contribution in [1.29, 1.82) is 0 Å². The Labute approximate surface area is 180 Å². The Kier molecular flexibility index (Phi) is 10.8. The molecule has 0 heterocycles. The fraction of sp³-hybridized carbons (Fsp3) is 0.480. The SMILES string of the molecule is CCCC(O)CCCOc1cccc(OCCCc2ccc(C(=O)OCC)cc2)c1. The van der Waals surface area contributed by atoms with E-state index < -0.39 is 0 Å². The summed E-state index contributed by atoms with van der Waals surface area (Å²) in [5, 5.41) is 9.76. The van der Waals surface area contributed by atoms with E-state index in [1.54, 1.807) is 19.1 Å². The van der Waals surface area contributed by atoms with Gasteiger partial charge in [0.25, 0.3) is 0 Å². The van der Waals surface area contributed by atoms with Gasteiger partial charge in [0.05, 0.1) is 31.5 Å². The number of esters is 1. The molecule has 0 saturated carbocycles. The average molecular weight is 415 g/mol. The minimum atomic E-state index is -0.286. The van der Waals surface area contributed by atoms with Crippen molar-refractivity contribution >= 4 is 5.97 Å². The van der Waals surface area contributed by atoms with Gasteiger partial charge >= 0.3 is 5.97 Å². The second kappa shape index (κ2) is 13.6. The van der Waals surface area contributed by atoms with E-state index in [2.05, 4.69) is 6.92 Å². The zero-order chi connectivity index (χ0) is 21.6. The first-order valence-electron chi connectivity index (χ1n) is 10.9. The number of rotatable bonds is 14. The molecule has 0 spiro atoms. The van der Waals surface area contributed by atoms with Gasteiger partial charge in [-0.05, 0) is 68.9 Å². The molecular formula is C25H34O5. The summed E-state index contributed by atoms with van der Waals surface area (Å²) in [4.78, 5) is 11.7. The highest BCUT2D eigenvalue weighted by Crippen LogP contribution is 2.20. The normalized spacial score (nSPS) is 11.7. The molecule has 0 radical (unpaired) electrons. The average Bonchev–Trinajstić information content (AvgIpc) is 2.75. The first-order valence-corrected chi connectivity index (χ1v) is 10.9. The Hall–Kier alpha value is -2.53. The van der Waals surface area contributed by atoms with Crippen LogP contribution in [0.25, 0.3) is 0 Å². The largest absolute Gasteiger partial charge is 0.493 e. The Bertz CT molecular complexity index is 741. The van der Waals surface area contributed by atoms with Gasteiger partial charge in [0.15, 0.2) is 0 Å². The summed E-state index contributed by atoms with van der Waals surface area (Å²) in [5.41, 5.74) is 1.74. The predicted octanol–water partition coefficient (Wildman–Crippen LogP) is 5.19. The van der Waals surface area contributed by atoms with Crippen LogP contribution in [0.3, 0.4) is 0 Å². The van der Waals surface area contributed by atoms with Crippen molar-refractivity contribution in [3.63, 3.8) is 0 Å². The van der Waals surface area contributed by atoms with Crippen molar-refractivity contribution in [2.75, 3.05) is 19.8 Å². The first-order chi connectivity index (χ1) is 14.6. The molecule has 0 aliphatic rings. The van der Waals surface area contributed by atoms with E-state index in [0.29, 0.717) is 25.4 Å². The highest BCUT2D eigenvalue weighted by atomic mass is 16.5. The van der Waals surface area contributed by atoms with Crippen LogP contribution in [0.1, 0.15) is 61.9 Å². The van der Waals surface area contributed by atoms with Crippen LogP contribution in [0.4, 0.5) is 0 Å². The van der Waals surface area contributed by atoms with Crippen LogP contribution >= 0.6 is 0 Å². The maximum absolute atomic E-state index is 11.7. The number of hydrogen-bond donors (Lipinski definition) is 1. The number of aliphatic hydroxyl groups is 1. The fourth-order valence-electron chi connectivity index (χ4n) is 3.13. The molecule has 2 aromatic carbocycles. The second-order valence-electron chi connectivity index (χ2n) is 7.28. The number of aryl methyl sites for hydroxylation is 1. The molecule has 2 aromatic rings. The van der Waals surface area contributed by atoms with Gasteiger partial charge < -0.3 is 19.3 Å². The Balaban J connectivity index is 1.67. The van der Waals surface area contributed by atoms with Gasteiger partial charge in [-0.1, -0.05) is 31.5 Å². The Morgan fingerprint density at radius 2 is 1.60 bits per heavy atom. The lowest BCUT2D eigenvalue weighted by Gasteiger charge is -2.11. The molecule has 164 valence electrons. The van der Waals surface area contributed by atoms with E-state index >= 15 is 0 Å². The minimum absolute atomic E-state index is 0.227. The molecule has 1 unspecified atom stereocenters. The van der Waals surface area contributed by atoms with Gasteiger partial charge in [0.1, 0.15) is 11.5 Å². The summed E-state index contributed by atoms with van der Waals surface area (Å²) in [5.74, 6) is 1.29.